The first-order valence-electron chi connectivity index (χ1n) is 9.37. The maximum absolute atomic E-state index is 11.2. The van der Waals surface area contributed by atoms with Crippen LogP contribution in [0, 0.1) is 0 Å². The third kappa shape index (κ3) is 2.83. The quantitative estimate of drug-likeness (QED) is 0.467. The van der Waals surface area contributed by atoms with Crippen LogP contribution in [0.2, 0.25) is 0 Å². The predicted octanol–water partition coefficient (Wildman–Crippen LogP) is 1.20. The molecule has 9 heteroatoms. The van der Waals surface area contributed by atoms with Gasteiger partial charge in [0.05, 0.1) is 24.2 Å². The van der Waals surface area contributed by atoms with Crippen molar-refractivity contribution in [3.63, 3.8) is 0 Å². The molecule has 30 heavy (non-hydrogen) atoms. The fourth-order valence-electron chi connectivity index (χ4n) is 3.73. The Kier molecular flexibility index (Phi) is 3.93. The van der Waals surface area contributed by atoms with Gasteiger partial charge in [-0.25, -0.2) is 0 Å². The number of nitrogens with zero attached hydrogens (tertiary/aromatic N) is 5. The van der Waals surface area contributed by atoms with Crippen molar-refractivity contribution in [3.05, 3.63) is 72.2 Å². The Morgan fingerprint density at radius 2 is 1.73 bits per heavy atom. The summed E-state index contributed by atoms with van der Waals surface area (Å²) in [4.78, 5) is 26.3. The molecular weight excluding hydrogens is 382 g/mol. The van der Waals surface area contributed by atoms with E-state index in [9.17, 15) is 9.90 Å². The first-order chi connectivity index (χ1) is 14.4. The van der Waals surface area contributed by atoms with Gasteiger partial charge in [-0.2, -0.15) is 9.97 Å². The van der Waals surface area contributed by atoms with E-state index in [0.29, 0.717) is 41.6 Å². The molecule has 1 aliphatic heterocycles. The van der Waals surface area contributed by atoms with Crippen LogP contribution in [0.3, 0.4) is 0 Å². The van der Waals surface area contributed by atoms with E-state index < -0.39 is 11.5 Å². The fourth-order valence-corrected chi connectivity index (χ4v) is 3.73. The molecule has 1 fully saturated rings. The van der Waals surface area contributed by atoms with E-state index in [0.717, 1.165) is 11.1 Å². The number of carbonyl (C=O) groups is 1. The van der Waals surface area contributed by atoms with E-state index >= 15 is 0 Å². The summed E-state index contributed by atoms with van der Waals surface area (Å²) in [5, 5.41) is 11.7. The summed E-state index contributed by atoms with van der Waals surface area (Å²) in [6.45, 7) is 0.619. The van der Waals surface area contributed by atoms with Crippen LogP contribution in [0.25, 0.3) is 16.7 Å². The highest BCUT2D eigenvalue weighted by Gasteiger charge is 2.44. The van der Waals surface area contributed by atoms with E-state index in [2.05, 4.69) is 9.97 Å². The van der Waals surface area contributed by atoms with E-state index in [-0.39, 0.29) is 0 Å². The van der Waals surface area contributed by atoms with Crippen LogP contribution < -0.4 is 16.4 Å². The number of hydrogen-bond donors (Lipinski definition) is 3. The van der Waals surface area contributed by atoms with Crippen LogP contribution >= 0.6 is 0 Å². The van der Waals surface area contributed by atoms with Gasteiger partial charge in [0.2, 0.25) is 11.9 Å². The van der Waals surface area contributed by atoms with Crippen molar-refractivity contribution in [2.24, 2.45) is 5.73 Å². The van der Waals surface area contributed by atoms with Crippen molar-refractivity contribution < 1.29 is 9.90 Å². The molecule has 0 atom stereocenters. The molecule has 0 saturated carbocycles. The number of rotatable bonds is 4. The molecule has 1 saturated heterocycles. The number of nitrogens with two attached hydrogens (primary N) is 2. The third-order valence-corrected chi connectivity index (χ3v) is 5.40. The predicted molar refractivity (Wildman–Crippen MR) is 112 cm³/mol. The lowest BCUT2D eigenvalue weighted by molar-refractivity contribution is 0.00656. The average Bonchev–Trinajstić information content (AvgIpc) is 3.17. The van der Waals surface area contributed by atoms with Gasteiger partial charge < -0.3 is 26.0 Å². The van der Waals surface area contributed by atoms with Crippen molar-refractivity contribution in [2.75, 3.05) is 23.7 Å². The molecule has 1 aliphatic rings. The molecule has 1 aromatic carbocycles. The number of fused-ring (bicyclic) bond motifs is 1. The van der Waals surface area contributed by atoms with E-state index in [1.54, 1.807) is 36.7 Å². The third-order valence-electron chi connectivity index (χ3n) is 5.40. The van der Waals surface area contributed by atoms with Gasteiger partial charge in [0.25, 0.3) is 0 Å². The van der Waals surface area contributed by atoms with Gasteiger partial charge in [-0.15, -0.1) is 0 Å². The largest absolute Gasteiger partial charge is 0.383 e. The Morgan fingerprint density at radius 3 is 2.40 bits per heavy atom. The first-order valence-corrected chi connectivity index (χ1v) is 9.37. The summed E-state index contributed by atoms with van der Waals surface area (Å²) < 4.78 is 1.92. The molecule has 0 bridgehead atoms. The van der Waals surface area contributed by atoms with Crippen LogP contribution in [0.1, 0.15) is 15.9 Å². The minimum atomic E-state index is -1.06. The summed E-state index contributed by atoms with van der Waals surface area (Å²) in [7, 11) is 0. The minimum Gasteiger partial charge on any atom is -0.383 e. The SMILES string of the molecule is NC(=O)c1ccc(C2(O)CN(c3nc(N)c4ccn(-c5ccncc5)c4n3)C2)cc1. The van der Waals surface area contributed by atoms with Gasteiger partial charge in [-0.1, -0.05) is 12.1 Å². The second-order valence-corrected chi connectivity index (χ2v) is 7.37. The number of aromatic nitrogens is 4. The van der Waals surface area contributed by atoms with Gasteiger partial charge in [0.1, 0.15) is 11.4 Å². The van der Waals surface area contributed by atoms with Crippen molar-refractivity contribution in [1.29, 1.82) is 0 Å². The summed E-state index contributed by atoms with van der Waals surface area (Å²) in [5.41, 5.74) is 13.1. The molecule has 5 N–H and O–H groups in total. The van der Waals surface area contributed by atoms with Gasteiger partial charge in [0, 0.05) is 24.2 Å². The zero-order valence-corrected chi connectivity index (χ0v) is 15.9. The molecule has 1 amide bonds. The van der Waals surface area contributed by atoms with Crippen LogP contribution in [0.5, 0.6) is 0 Å². The van der Waals surface area contributed by atoms with Gasteiger partial charge in [-0.05, 0) is 35.9 Å². The first kappa shape index (κ1) is 18.1. The summed E-state index contributed by atoms with van der Waals surface area (Å²) in [6, 6.07) is 12.3. The van der Waals surface area contributed by atoms with Crippen LogP contribution in [0.4, 0.5) is 11.8 Å². The van der Waals surface area contributed by atoms with Crippen LogP contribution in [-0.2, 0) is 5.60 Å². The molecule has 0 unspecified atom stereocenters. The van der Waals surface area contributed by atoms with Crippen molar-refractivity contribution in [3.8, 4) is 5.69 Å². The molecule has 0 spiro atoms. The molecule has 5 rings (SSSR count). The highest BCUT2D eigenvalue weighted by molar-refractivity contribution is 5.92. The van der Waals surface area contributed by atoms with Gasteiger partial charge in [-0.3, -0.25) is 9.78 Å². The molecule has 0 aliphatic carbocycles. The fraction of sp³-hybridized carbons (Fsp3) is 0.143. The smallest absolute Gasteiger partial charge is 0.248 e. The number of primary amides is 1. The number of hydrogen-bond acceptors (Lipinski definition) is 7. The topological polar surface area (TPSA) is 136 Å². The number of carbonyl (C=O) groups excluding carboxylic acids is 1. The number of anilines is 2. The number of β-amino-alcohol motifs (C(OH)–C–C–N with tert-alkyl or cyclic N) is 1. The van der Waals surface area contributed by atoms with E-state index in [4.69, 9.17) is 16.5 Å². The highest BCUT2D eigenvalue weighted by atomic mass is 16.3. The molecular formula is C21H19N7O2. The number of pyridine rings is 1. The molecule has 4 aromatic rings. The zero-order valence-electron chi connectivity index (χ0n) is 15.9. The van der Waals surface area contributed by atoms with Crippen molar-refractivity contribution in [2.45, 2.75) is 5.60 Å². The van der Waals surface area contributed by atoms with Crippen LogP contribution in [0.15, 0.2) is 61.1 Å². The molecule has 9 nitrogen and oxygen atoms in total. The number of amides is 1. The Bertz CT molecular complexity index is 1250. The maximum Gasteiger partial charge on any atom is 0.248 e. The molecule has 3 aromatic heterocycles. The number of nitrogen functional groups attached to an aromatic ring is 1. The second-order valence-electron chi connectivity index (χ2n) is 7.37. The summed E-state index contributed by atoms with van der Waals surface area (Å²) in [6.07, 6.45) is 5.32. The standard InChI is InChI=1S/C21H19N7O2/c22-17-16-7-10-28(15-5-8-24-9-6-15)19(16)26-20(25-17)27-11-21(30,12-27)14-3-1-13(2-4-14)18(23)29/h1-10,30H,11-12H2,(H2,23,29)(H2,22,25,26). The lowest BCUT2D eigenvalue weighted by Gasteiger charge is -2.46. The summed E-state index contributed by atoms with van der Waals surface area (Å²) in [5.74, 6) is 0.328. The number of benzene rings is 1. The molecule has 150 valence electrons. The highest BCUT2D eigenvalue weighted by Crippen LogP contribution is 2.35. The molecule has 0 radical (unpaired) electrons. The Hall–Kier alpha value is -3.98. The lowest BCUT2D eigenvalue weighted by Crippen LogP contribution is -2.60. The van der Waals surface area contributed by atoms with Crippen LogP contribution in [-0.4, -0.2) is 43.6 Å². The Balaban J connectivity index is 1.44. The lowest BCUT2D eigenvalue weighted by atomic mass is 9.86. The van der Waals surface area contributed by atoms with Crippen molar-refractivity contribution >= 4 is 28.7 Å². The monoisotopic (exact) mass is 401 g/mol. The van der Waals surface area contributed by atoms with Gasteiger partial charge >= 0.3 is 0 Å². The molecule has 4 heterocycles. The minimum absolute atomic E-state index is 0.309. The normalized spacial score (nSPS) is 15.2. The second kappa shape index (κ2) is 6.53. The summed E-state index contributed by atoms with van der Waals surface area (Å²) >= 11 is 0. The maximum atomic E-state index is 11.2. The van der Waals surface area contributed by atoms with E-state index in [1.807, 2.05) is 33.9 Å². The Morgan fingerprint density at radius 1 is 1.03 bits per heavy atom. The van der Waals surface area contributed by atoms with Crippen molar-refractivity contribution in [1.82, 2.24) is 19.5 Å². The zero-order chi connectivity index (χ0) is 20.9. The van der Waals surface area contributed by atoms with E-state index in [1.165, 1.54) is 0 Å². The van der Waals surface area contributed by atoms with Gasteiger partial charge in [0.15, 0.2) is 5.65 Å². The number of aliphatic hydroxyl groups is 1. The average molecular weight is 401 g/mol. The Labute approximate surface area is 171 Å².